The Labute approximate surface area is 152 Å². The lowest BCUT2D eigenvalue weighted by molar-refractivity contribution is 0.0734. The van der Waals surface area contributed by atoms with Gasteiger partial charge < -0.3 is 9.47 Å². The molecular formula is C22H17NO3. The van der Waals surface area contributed by atoms with E-state index in [1.165, 1.54) is 0 Å². The minimum absolute atomic E-state index is 0.421. The van der Waals surface area contributed by atoms with Crippen LogP contribution in [0.2, 0.25) is 0 Å². The Morgan fingerprint density at radius 1 is 0.923 bits per heavy atom. The van der Waals surface area contributed by atoms with E-state index in [-0.39, 0.29) is 0 Å². The Morgan fingerprint density at radius 3 is 2.50 bits per heavy atom. The van der Waals surface area contributed by atoms with Crippen molar-refractivity contribution in [1.29, 1.82) is 0 Å². The summed E-state index contributed by atoms with van der Waals surface area (Å²) in [5.41, 5.74) is 2.77. The first-order valence-corrected chi connectivity index (χ1v) is 8.06. The highest BCUT2D eigenvalue weighted by Crippen LogP contribution is 2.17. The second kappa shape index (κ2) is 8.00. The van der Waals surface area contributed by atoms with Crippen LogP contribution in [0.1, 0.15) is 27.3 Å². The molecule has 4 nitrogen and oxygen atoms in total. The lowest BCUT2D eigenvalue weighted by Crippen LogP contribution is -2.08. The lowest BCUT2D eigenvalue weighted by Gasteiger charge is -2.06. The van der Waals surface area contributed by atoms with Crippen molar-refractivity contribution in [3.8, 4) is 23.3 Å². The molecule has 0 unspecified atom stereocenters. The minimum Gasteiger partial charge on any atom is -0.497 e. The number of methoxy groups -OCH3 is 1. The highest BCUT2D eigenvalue weighted by atomic mass is 16.5. The second-order valence-corrected chi connectivity index (χ2v) is 5.56. The van der Waals surface area contributed by atoms with Gasteiger partial charge in [0.2, 0.25) is 0 Å². The second-order valence-electron chi connectivity index (χ2n) is 5.56. The van der Waals surface area contributed by atoms with Gasteiger partial charge in [-0.15, -0.1) is 0 Å². The molecule has 0 aliphatic rings. The Hall–Kier alpha value is -3.58. The number of hydrogen-bond donors (Lipinski definition) is 0. The van der Waals surface area contributed by atoms with Crippen molar-refractivity contribution in [3.63, 3.8) is 0 Å². The van der Waals surface area contributed by atoms with Crippen LogP contribution in [0.3, 0.4) is 0 Å². The summed E-state index contributed by atoms with van der Waals surface area (Å²) in [6.07, 6.45) is 0. The van der Waals surface area contributed by atoms with E-state index in [1.54, 1.807) is 49.6 Å². The Bertz CT molecular complexity index is 999. The van der Waals surface area contributed by atoms with Crippen LogP contribution >= 0.6 is 0 Å². The Kier molecular flexibility index (Phi) is 5.31. The maximum absolute atomic E-state index is 12.3. The van der Waals surface area contributed by atoms with Gasteiger partial charge in [-0.25, -0.2) is 9.78 Å². The van der Waals surface area contributed by atoms with E-state index in [9.17, 15) is 4.79 Å². The van der Waals surface area contributed by atoms with Crippen LogP contribution in [0, 0.1) is 18.8 Å². The Morgan fingerprint density at radius 2 is 1.69 bits per heavy atom. The number of carbonyl (C=O) groups is 1. The molecule has 0 amide bonds. The van der Waals surface area contributed by atoms with E-state index in [0.717, 1.165) is 11.3 Å². The van der Waals surface area contributed by atoms with Crippen molar-refractivity contribution in [2.24, 2.45) is 0 Å². The normalized spacial score (nSPS) is 9.77. The van der Waals surface area contributed by atoms with E-state index in [0.29, 0.717) is 22.8 Å². The summed E-state index contributed by atoms with van der Waals surface area (Å²) in [5.74, 6) is 6.63. The molecule has 4 heteroatoms. The minimum atomic E-state index is -0.450. The number of rotatable bonds is 3. The number of aryl methyl sites for hydroxylation is 1. The predicted octanol–water partition coefficient (Wildman–Crippen LogP) is 4.02. The van der Waals surface area contributed by atoms with Crippen molar-refractivity contribution >= 4 is 5.97 Å². The van der Waals surface area contributed by atoms with Crippen LogP contribution in [0.4, 0.5) is 0 Å². The maximum Gasteiger partial charge on any atom is 0.343 e. The van der Waals surface area contributed by atoms with E-state index in [1.807, 2.05) is 31.2 Å². The number of aromatic nitrogens is 1. The first kappa shape index (κ1) is 17.2. The quantitative estimate of drug-likeness (QED) is 0.409. The number of nitrogens with zero attached hydrogens (tertiary/aromatic N) is 1. The molecule has 3 rings (SSSR count). The molecule has 0 N–H and O–H groups in total. The maximum atomic E-state index is 12.3. The molecule has 0 aliphatic carbocycles. The van der Waals surface area contributed by atoms with Gasteiger partial charge in [0.05, 0.1) is 12.7 Å². The van der Waals surface area contributed by atoms with Crippen LogP contribution in [-0.4, -0.2) is 18.1 Å². The predicted molar refractivity (Wildman–Crippen MR) is 99.3 cm³/mol. The van der Waals surface area contributed by atoms with E-state index in [4.69, 9.17) is 9.47 Å². The van der Waals surface area contributed by atoms with Crippen LogP contribution in [-0.2, 0) is 0 Å². The molecule has 0 saturated heterocycles. The molecule has 2 aromatic carbocycles. The monoisotopic (exact) mass is 343 g/mol. The fraction of sp³-hybridized carbons (Fsp3) is 0.0909. The standard InChI is InChI=1S/C22H17NO3/c1-16-6-3-9-19(23-16)13-12-17-7-4-11-21(14-17)26-22(24)18-8-5-10-20(15-18)25-2/h3-11,14-15H,1-2H3. The number of ether oxygens (including phenoxy) is 2. The zero-order valence-electron chi connectivity index (χ0n) is 14.5. The average Bonchev–Trinajstić information content (AvgIpc) is 2.67. The van der Waals surface area contributed by atoms with Crippen molar-refractivity contribution in [3.05, 3.63) is 89.2 Å². The lowest BCUT2D eigenvalue weighted by atomic mass is 10.2. The molecule has 3 aromatic rings. The number of hydrogen-bond acceptors (Lipinski definition) is 4. The molecule has 0 atom stereocenters. The largest absolute Gasteiger partial charge is 0.497 e. The van der Waals surface area contributed by atoms with Crippen LogP contribution in [0.5, 0.6) is 11.5 Å². The summed E-state index contributed by atoms with van der Waals surface area (Å²) < 4.78 is 10.6. The first-order chi connectivity index (χ1) is 12.6. The van der Waals surface area contributed by atoms with Gasteiger partial charge in [-0.2, -0.15) is 0 Å². The van der Waals surface area contributed by atoms with E-state index < -0.39 is 5.97 Å². The van der Waals surface area contributed by atoms with Crippen molar-refractivity contribution in [2.45, 2.75) is 6.92 Å². The third-order valence-corrected chi connectivity index (χ3v) is 3.57. The van der Waals surface area contributed by atoms with Gasteiger partial charge in [0.1, 0.15) is 17.2 Å². The van der Waals surface area contributed by atoms with Gasteiger partial charge in [0.15, 0.2) is 0 Å². The summed E-state index contributed by atoms with van der Waals surface area (Å²) in [4.78, 5) is 16.6. The third kappa shape index (κ3) is 4.49. The Balaban J connectivity index is 1.76. The highest BCUT2D eigenvalue weighted by molar-refractivity contribution is 5.91. The van der Waals surface area contributed by atoms with Gasteiger partial charge in [-0.1, -0.05) is 24.1 Å². The number of esters is 1. The van der Waals surface area contributed by atoms with Gasteiger partial charge in [0, 0.05) is 11.3 Å². The zero-order chi connectivity index (χ0) is 18.4. The molecule has 0 spiro atoms. The molecule has 0 radical (unpaired) electrons. The van der Waals surface area contributed by atoms with Gasteiger partial charge in [-0.05, 0) is 61.4 Å². The summed E-state index contributed by atoms with van der Waals surface area (Å²) >= 11 is 0. The fourth-order valence-corrected chi connectivity index (χ4v) is 2.30. The molecule has 26 heavy (non-hydrogen) atoms. The van der Waals surface area contributed by atoms with Gasteiger partial charge in [-0.3, -0.25) is 0 Å². The van der Waals surface area contributed by atoms with Crippen molar-refractivity contribution in [1.82, 2.24) is 4.98 Å². The van der Waals surface area contributed by atoms with Crippen LogP contribution in [0.15, 0.2) is 66.7 Å². The summed E-state index contributed by atoms with van der Waals surface area (Å²) in [6.45, 7) is 1.92. The number of benzene rings is 2. The SMILES string of the molecule is COc1cccc(C(=O)Oc2cccc(C#Cc3cccc(C)n3)c2)c1. The number of carbonyl (C=O) groups excluding carboxylic acids is 1. The molecule has 0 bridgehead atoms. The molecular weight excluding hydrogens is 326 g/mol. The molecule has 0 aliphatic heterocycles. The smallest absolute Gasteiger partial charge is 0.343 e. The highest BCUT2D eigenvalue weighted by Gasteiger charge is 2.09. The van der Waals surface area contributed by atoms with Gasteiger partial charge in [0.25, 0.3) is 0 Å². The van der Waals surface area contributed by atoms with Crippen molar-refractivity contribution < 1.29 is 14.3 Å². The average molecular weight is 343 g/mol. The van der Waals surface area contributed by atoms with Crippen molar-refractivity contribution in [2.75, 3.05) is 7.11 Å². The molecule has 1 aromatic heterocycles. The third-order valence-electron chi connectivity index (χ3n) is 3.57. The fourth-order valence-electron chi connectivity index (χ4n) is 2.30. The summed E-state index contributed by atoms with van der Waals surface area (Å²) in [5, 5.41) is 0. The van der Waals surface area contributed by atoms with Crippen LogP contribution < -0.4 is 9.47 Å². The zero-order valence-corrected chi connectivity index (χ0v) is 14.5. The molecule has 1 heterocycles. The molecule has 128 valence electrons. The number of pyridine rings is 1. The van der Waals surface area contributed by atoms with E-state index >= 15 is 0 Å². The van der Waals surface area contributed by atoms with E-state index in [2.05, 4.69) is 16.8 Å². The molecule has 0 saturated carbocycles. The summed E-state index contributed by atoms with van der Waals surface area (Å²) in [7, 11) is 1.55. The molecule has 0 fully saturated rings. The van der Waals surface area contributed by atoms with Crippen LogP contribution in [0.25, 0.3) is 0 Å². The topological polar surface area (TPSA) is 48.4 Å². The summed E-state index contributed by atoms with van der Waals surface area (Å²) in [6, 6.07) is 19.6. The first-order valence-electron chi connectivity index (χ1n) is 8.06. The van der Waals surface area contributed by atoms with Gasteiger partial charge >= 0.3 is 5.97 Å².